The molecule has 0 aromatic heterocycles. The molecule has 0 fully saturated rings. The molecule has 0 heterocycles. The quantitative estimate of drug-likeness (QED) is 0.130. The molecule has 48 heavy (non-hydrogen) atoms. The number of aromatic hydroxyl groups is 1. The van der Waals surface area contributed by atoms with Crippen LogP contribution < -0.4 is 28.7 Å². The number of carboxylic acid groups (broad SMARTS) is 6. The number of benzene rings is 1. The minimum atomic E-state index is -1.17. The lowest BCUT2D eigenvalue weighted by Gasteiger charge is -2.05. The Hall–Kier alpha value is -4.36. The van der Waals surface area contributed by atoms with Crippen molar-refractivity contribution in [1.82, 2.24) is 0 Å². The van der Waals surface area contributed by atoms with Gasteiger partial charge < -0.3 is 64.4 Å². The second kappa shape index (κ2) is 40.7. The molecule has 0 aliphatic heterocycles. The van der Waals surface area contributed by atoms with E-state index in [2.05, 4.69) is 0 Å². The van der Waals surface area contributed by atoms with Gasteiger partial charge in [-0.3, -0.25) is 28.8 Å². The van der Waals surface area contributed by atoms with E-state index in [1.54, 1.807) is 12.1 Å². The van der Waals surface area contributed by atoms with Crippen LogP contribution in [0.25, 0.3) is 0 Å². The molecule has 288 valence electrons. The highest BCUT2D eigenvalue weighted by Crippen LogP contribution is 2.10. The molecule has 0 aliphatic carbocycles. The Balaban J connectivity index is -0.0000000575. The van der Waals surface area contributed by atoms with E-state index in [1.807, 2.05) is 0 Å². The summed E-state index contributed by atoms with van der Waals surface area (Å²) in [6, 6.07) is 2.92. The second-order valence-electron chi connectivity index (χ2n) is 8.57. The molecule has 1 aromatic rings. The van der Waals surface area contributed by atoms with E-state index >= 15 is 0 Å². The Morgan fingerprint density at radius 3 is 1.23 bits per heavy atom. The maximum absolute atomic E-state index is 10.4. The average Bonchev–Trinajstić information content (AvgIpc) is 2.89. The number of carboxylic acids is 6. The predicted octanol–water partition coefficient (Wildman–Crippen LogP) is 1.83. The number of hydrogen-bond donors (Lipinski definition) is 12. The highest BCUT2D eigenvalue weighted by Gasteiger charge is 2.13. The average molecular weight is 704 g/mol. The number of aliphatic carboxylic acids is 6. The van der Waals surface area contributed by atoms with Crippen molar-refractivity contribution in [3.63, 3.8) is 0 Å². The van der Waals surface area contributed by atoms with Crippen LogP contribution in [-0.2, 0) is 35.2 Å². The molecule has 0 saturated carbocycles. The molecule has 1 rings (SSSR count). The van der Waals surface area contributed by atoms with E-state index in [4.69, 9.17) is 69.2 Å². The maximum Gasteiger partial charge on any atom is 0.320 e. The molecule has 0 spiro atoms. The summed E-state index contributed by atoms with van der Waals surface area (Å²) in [5, 5.41) is 57.4. The summed E-state index contributed by atoms with van der Waals surface area (Å²) in [7, 11) is 0. The molecule has 0 radical (unpaired) electrons. The van der Waals surface area contributed by atoms with E-state index in [1.165, 1.54) is 19.1 Å². The smallest absolute Gasteiger partial charge is 0.320 e. The van der Waals surface area contributed by atoms with Gasteiger partial charge in [-0.1, -0.05) is 55.7 Å². The third-order valence-electron chi connectivity index (χ3n) is 4.37. The van der Waals surface area contributed by atoms with Gasteiger partial charge in [-0.2, -0.15) is 0 Å². The Bertz CT molecular complexity index is 959. The fraction of sp³-hybridized carbons (Fsp3) is 0.600. The van der Waals surface area contributed by atoms with Crippen molar-refractivity contribution in [1.29, 1.82) is 0 Å². The van der Waals surface area contributed by atoms with E-state index < -0.39 is 60.0 Å². The van der Waals surface area contributed by atoms with Crippen LogP contribution in [-0.4, -0.2) is 102 Å². The van der Waals surface area contributed by atoms with Crippen LogP contribution in [0.1, 0.15) is 88.6 Å². The van der Waals surface area contributed by atoms with Gasteiger partial charge >= 0.3 is 29.8 Å². The molecule has 0 amide bonds. The molecular weight excluding hydrogens is 638 g/mol. The third kappa shape index (κ3) is 54.1. The van der Waals surface area contributed by atoms with E-state index in [0.717, 1.165) is 25.3 Å². The Labute approximate surface area is 284 Å². The normalized spacial score (nSPS) is 10.9. The number of phenols is 1. The van der Waals surface area contributed by atoms with Crippen molar-refractivity contribution in [2.45, 2.75) is 114 Å². The molecule has 1 aromatic carbocycles. The molecule has 17 N–H and O–H groups in total. The van der Waals surface area contributed by atoms with Crippen molar-refractivity contribution < 1.29 is 64.5 Å². The monoisotopic (exact) mass is 703 g/mol. The number of hydrogen-bond acceptors (Lipinski definition) is 12. The van der Waals surface area contributed by atoms with Crippen LogP contribution in [0.3, 0.4) is 0 Å². The molecular formula is C30H65N5O13. The zero-order chi connectivity index (χ0) is 34.7. The topological polar surface area (TPSA) is 374 Å². The highest BCUT2D eigenvalue weighted by atomic mass is 16.4. The fourth-order valence-corrected chi connectivity index (χ4v) is 2.01. The van der Waals surface area contributed by atoms with Crippen molar-refractivity contribution in [3.05, 3.63) is 29.8 Å². The van der Waals surface area contributed by atoms with Gasteiger partial charge in [0.25, 0.3) is 5.97 Å². The van der Waals surface area contributed by atoms with Crippen molar-refractivity contribution >= 4 is 35.8 Å². The van der Waals surface area contributed by atoms with Gasteiger partial charge in [0.15, 0.2) is 0 Å². The predicted molar refractivity (Wildman–Crippen MR) is 187 cm³/mol. The Morgan fingerprint density at radius 2 is 0.958 bits per heavy atom. The van der Waals surface area contributed by atoms with E-state index in [0.29, 0.717) is 13.0 Å². The first-order valence-electron chi connectivity index (χ1n) is 12.5. The minimum Gasteiger partial charge on any atom is -0.508 e. The third-order valence-corrected chi connectivity index (χ3v) is 4.37. The summed E-state index contributed by atoms with van der Waals surface area (Å²) < 4.78 is 0. The highest BCUT2D eigenvalue weighted by molar-refractivity contribution is 5.75. The van der Waals surface area contributed by atoms with Crippen molar-refractivity contribution in [2.75, 3.05) is 6.54 Å². The van der Waals surface area contributed by atoms with Crippen molar-refractivity contribution in [2.24, 2.45) is 28.7 Å². The molecule has 0 aliphatic rings. The van der Waals surface area contributed by atoms with Gasteiger partial charge in [-0.15, -0.1) is 0 Å². The first-order valence-corrected chi connectivity index (χ1v) is 12.5. The molecule has 0 saturated heterocycles. The van der Waals surface area contributed by atoms with Gasteiger partial charge in [-0.25, -0.2) is 0 Å². The molecule has 18 heteroatoms. The lowest BCUT2D eigenvalue weighted by Crippen LogP contribution is -2.32. The van der Waals surface area contributed by atoms with Crippen LogP contribution in [0, 0.1) is 0 Å². The van der Waals surface area contributed by atoms with Gasteiger partial charge in [0.1, 0.15) is 29.9 Å². The number of unbranched alkanes of at least 4 members (excludes halogenated alkanes) is 1. The first kappa shape index (κ1) is 66.1. The number of rotatable bonds is 13. The zero-order valence-corrected chi connectivity index (χ0v) is 24.0. The summed E-state index contributed by atoms with van der Waals surface area (Å²) in [6.07, 6.45) is 2.21. The minimum absolute atomic E-state index is 0. The summed E-state index contributed by atoms with van der Waals surface area (Å²) in [5.74, 6) is -5.79. The van der Waals surface area contributed by atoms with Gasteiger partial charge in [-0.05, 0) is 56.8 Å². The number of nitrogens with two attached hydrogens (primary N) is 5. The van der Waals surface area contributed by atoms with E-state index in [-0.39, 0.29) is 62.1 Å². The summed E-state index contributed by atoms with van der Waals surface area (Å²) in [6.45, 7) is 3.11. The van der Waals surface area contributed by atoms with Crippen LogP contribution in [0.2, 0.25) is 0 Å². The van der Waals surface area contributed by atoms with Crippen molar-refractivity contribution in [3.8, 4) is 5.75 Å². The Morgan fingerprint density at radius 1 is 0.625 bits per heavy atom. The lowest BCUT2D eigenvalue weighted by molar-refractivity contribution is -0.141. The van der Waals surface area contributed by atoms with E-state index in [9.17, 15) is 24.0 Å². The maximum atomic E-state index is 10.4. The fourth-order valence-electron chi connectivity index (χ4n) is 2.01. The summed E-state index contributed by atoms with van der Waals surface area (Å²) >= 11 is 0. The largest absolute Gasteiger partial charge is 0.508 e. The van der Waals surface area contributed by atoms with Crippen LogP contribution in [0.5, 0.6) is 5.75 Å². The molecule has 0 unspecified atom stereocenters. The SMILES string of the molecule is C.C.C.C.C.CC(=O)O.C[C@H](N)C(=O)O.NCCCC[C@H](N)C(=O)O.N[C@@H](CCC(=O)O)C(=O)O.N[C@@H](Cc1ccc(O)cc1)C(=O)O. The molecule has 4 atom stereocenters. The second-order valence-corrected chi connectivity index (χ2v) is 8.57. The first-order chi connectivity index (χ1) is 19.7. The Kier molecular flexibility index (Phi) is 56.0. The van der Waals surface area contributed by atoms with Crippen LogP contribution in [0.4, 0.5) is 0 Å². The van der Waals surface area contributed by atoms with Crippen LogP contribution in [0.15, 0.2) is 24.3 Å². The zero-order valence-electron chi connectivity index (χ0n) is 24.0. The number of carbonyl (C=O) groups is 6. The molecule has 0 bridgehead atoms. The summed E-state index contributed by atoms with van der Waals surface area (Å²) in [4.78, 5) is 59.0. The number of phenolic OH excluding ortho intramolecular Hbond substituents is 1. The standard InChI is InChI=1S/C9H11NO3.C6H14N2O2.C5H9NO4.C3H7NO2.C2H4O2.5CH4/c10-8(9(12)13)5-6-1-3-7(11)4-2-6;7-4-2-1-3-5(8)6(9)10;6-3(5(9)10)1-2-4(7)8;1-2(4)3(5)6;1-2(3)4;;;;;/h1-4,8,11H,5,10H2,(H,12,13);5H,1-4,7-8H2,(H,9,10);3H,1-2,6H2,(H,7,8)(H,9,10);2H,4H2,1H3,(H,5,6);1H3,(H,3,4);5*1H4/t8-;5-;3-;2-;;;;;;/m0000....../s1. The van der Waals surface area contributed by atoms with Gasteiger partial charge in [0.05, 0.1) is 0 Å². The van der Waals surface area contributed by atoms with Gasteiger partial charge in [0, 0.05) is 13.3 Å². The molecule has 18 nitrogen and oxygen atoms in total. The van der Waals surface area contributed by atoms with Crippen LogP contribution >= 0.6 is 0 Å². The van der Waals surface area contributed by atoms with Gasteiger partial charge in [0.2, 0.25) is 0 Å². The lowest BCUT2D eigenvalue weighted by atomic mass is 10.1. The summed E-state index contributed by atoms with van der Waals surface area (Å²) in [5.41, 5.74) is 26.4.